The molecule has 1 aliphatic rings. The molecule has 0 spiro atoms. The topological polar surface area (TPSA) is 21.3 Å². The van der Waals surface area contributed by atoms with Gasteiger partial charge in [0.25, 0.3) is 0 Å². The molecular formula is C14H23NOS. The summed E-state index contributed by atoms with van der Waals surface area (Å²) in [5.41, 5.74) is 0. The molecule has 1 heterocycles. The number of hydrogen-bond acceptors (Lipinski definition) is 3. The first-order valence-corrected chi connectivity index (χ1v) is 7.57. The van der Waals surface area contributed by atoms with Gasteiger partial charge in [-0.3, -0.25) is 0 Å². The molecule has 0 aliphatic heterocycles. The Hall–Kier alpha value is -0.540. The van der Waals surface area contributed by atoms with E-state index in [1.807, 2.05) is 11.3 Å². The van der Waals surface area contributed by atoms with Crippen LogP contribution in [0, 0.1) is 5.92 Å². The molecule has 1 fully saturated rings. The summed E-state index contributed by atoms with van der Waals surface area (Å²) >= 11 is 1.82. The van der Waals surface area contributed by atoms with Crippen LogP contribution < -0.4 is 10.1 Å². The highest BCUT2D eigenvalue weighted by Gasteiger charge is 2.25. The van der Waals surface area contributed by atoms with Crippen molar-refractivity contribution in [2.24, 2.45) is 5.92 Å². The molecule has 0 amide bonds. The van der Waals surface area contributed by atoms with Crippen LogP contribution in [0.4, 0.5) is 0 Å². The van der Waals surface area contributed by atoms with Gasteiger partial charge in [-0.1, -0.05) is 26.2 Å². The molecular weight excluding hydrogens is 230 g/mol. The van der Waals surface area contributed by atoms with E-state index in [0.717, 1.165) is 18.2 Å². The van der Waals surface area contributed by atoms with E-state index in [0.29, 0.717) is 6.04 Å². The highest BCUT2D eigenvalue weighted by molar-refractivity contribution is 7.10. The summed E-state index contributed by atoms with van der Waals surface area (Å²) in [5.74, 6) is 1.99. The third-order valence-electron chi connectivity index (χ3n) is 3.63. The van der Waals surface area contributed by atoms with Gasteiger partial charge in [0.05, 0.1) is 12.0 Å². The fraction of sp³-hybridized carbons (Fsp3) is 0.714. The van der Waals surface area contributed by atoms with Crippen LogP contribution in [-0.2, 0) is 0 Å². The number of hydrogen-bond donors (Lipinski definition) is 1. The molecule has 3 heteroatoms. The third-order valence-corrected chi connectivity index (χ3v) is 4.64. The van der Waals surface area contributed by atoms with Crippen molar-refractivity contribution in [1.82, 2.24) is 5.32 Å². The van der Waals surface area contributed by atoms with Gasteiger partial charge in [0.2, 0.25) is 0 Å². The molecule has 1 aliphatic carbocycles. The quantitative estimate of drug-likeness (QED) is 0.793. The summed E-state index contributed by atoms with van der Waals surface area (Å²) in [5, 5.41) is 5.81. The summed E-state index contributed by atoms with van der Waals surface area (Å²) in [7, 11) is 1.77. The zero-order valence-electron chi connectivity index (χ0n) is 10.9. The maximum atomic E-state index is 5.45. The summed E-state index contributed by atoms with van der Waals surface area (Å²) in [4.78, 5) is 1.38. The van der Waals surface area contributed by atoms with E-state index >= 15 is 0 Å². The monoisotopic (exact) mass is 253 g/mol. The summed E-state index contributed by atoms with van der Waals surface area (Å²) < 4.78 is 5.45. The van der Waals surface area contributed by atoms with Crippen LogP contribution >= 0.6 is 11.3 Å². The summed E-state index contributed by atoms with van der Waals surface area (Å²) in [6.45, 7) is 3.32. The van der Waals surface area contributed by atoms with Gasteiger partial charge in [-0.25, -0.2) is 0 Å². The largest absolute Gasteiger partial charge is 0.496 e. The van der Waals surface area contributed by atoms with Gasteiger partial charge in [-0.2, -0.15) is 0 Å². The molecule has 0 aromatic carbocycles. The summed E-state index contributed by atoms with van der Waals surface area (Å²) in [6, 6.07) is 2.58. The fourth-order valence-corrected chi connectivity index (χ4v) is 3.34. The number of nitrogens with one attached hydrogen (secondary N) is 1. The minimum Gasteiger partial charge on any atom is -0.496 e. The molecule has 0 bridgehead atoms. The van der Waals surface area contributed by atoms with Crippen molar-refractivity contribution in [1.29, 1.82) is 0 Å². The Bertz CT molecular complexity index is 333. The Kier molecular flexibility index (Phi) is 4.86. The molecule has 1 atom stereocenters. The van der Waals surface area contributed by atoms with Crippen molar-refractivity contribution in [2.45, 2.75) is 45.1 Å². The second-order valence-corrected chi connectivity index (χ2v) is 5.84. The van der Waals surface area contributed by atoms with Crippen molar-refractivity contribution in [3.63, 3.8) is 0 Å². The van der Waals surface area contributed by atoms with Gasteiger partial charge in [0, 0.05) is 6.04 Å². The SMILES string of the molecule is CCCNC(CC1CCC1)c1sccc1OC. The van der Waals surface area contributed by atoms with E-state index in [-0.39, 0.29) is 0 Å². The predicted molar refractivity (Wildman–Crippen MR) is 73.9 cm³/mol. The van der Waals surface area contributed by atoms with Crippen molar-refractivity contribution in [3.8, 4) is 5.75 Å². The van der Waals surface area contributed by atoms with Crippen LogP contribution in [0.1, 0.15) is 49.9 Å². The minimum absolute atomic E-state index is 0.496. The molecule has 1 aromatic rings. The maximum absolute atomic E-state index is 5.45. The van der Waals surface area contributed by atoms with E-state index in [1.54, 1.807) is 7.11 Å². The van der Waals surface area contributed by atoms with Crippen molar-refractivity contribution >= 4 is 11.3 Å². The molecule has 1 saturated carbocycles. The molecule has 0 saturated heterocycles. The smallest absolute Gasteiger partial charge is 0.134 e. The van der Waals surface area contributed by atoms with Crippen LogP contribution in [0.25, 0.3) is 0 Å². The fourth-order valence-electron chi connectivity index (χ4n) is 2.40. The highest BCUT2D eigenvalue weighted by Crippen LogP contribution is 2.39. The maximum Gasteiger partial charge on any atom is 0.134 e. The van der Waals surface area contributed by atoms with E-state index in [4.69, 9.17) is 4.74 Å². The number of ether oxygens (including phenoxy) is 1. The van der Waals surface area contributed by atoms with Crippen LogP contribution in [0.5, 0.6) is 5.75 Å². The third kappa shape index (κ3) is 3.23. The van der Waals surface area contributed by atoms with E-state index in [9.17, 15) is 0 Å². The van der Waals surface area contributed by atoms with Gasteiger partial charge in [0.1, 0.15) is 5.75 Å². The molecule has 1 unspecified atom stereocenters. The second kappa shape index (κ2) is 6.41. The molecule has 17 heavy (non-hydrogen) atoms. The Balaban J connectivity index is 2.02. The minimum atomic E-state index is 0.496. The first-order valence-electron chi connectivity index (χ1n) is 6.70. The average Bonchev–Trinajstić information content (AvgIpc) is 2.75. The predicted octanol–water partition coefficient (Wildman–Crippen LogP) is 3.99. The first-order chi connectivity index (χ1) is 8.35. The highest BCUT2D eigenvalue weighted by atomic mass is 32.1. The van der Waals surface area contributed by atoms with Gasteiger partial charge in [-0.15, -0.1) is 11.3 Å². The number of methoxy groups -OCH3 is 1. The molecule has 96 valence electrons. The van der Waals surface area contributed by atoms with Gasteiger partial charge >= 0.3 is 0 Å². The lowest BCUT2D eigenvalue weighted by atomic mass is 9.80. The van der Waals surface area contributed by atoms with Gasteiger partial charge < -0.3 is 10.1 Å². The average molecular weight is 253 g/mol. The van der Waals surface area contributed by atoms with Crippen molar-refractivity contribution < 1.29 is 4.74 Å². The zero-order chi connectivity index (χ0) is 12.1. The Labute approximate surface area is 108 Å². The van der Waals surface area contributed by atoms with Crippen LogP contribution in [-0.4, -0.2) is 13.7 Å². The lowest BCUT2D eigenvalue weighted by Crippen LogP contribution is -2.26. The Morgan fingerprint density at radius 1 is 1.53 bits per heavy atom. The molecule has 2 rings (SSSR count). The number of thiophene rings is 1. The molecule has 1 aromatic heterocycles. The Morgan fingerprint density at radius 2 is 2.35 bits per heavy atom. The van der Waals surface area contributed by atoms with E-state index in [1.165, 1.54) is 37.0 Å². The van der Waals surface area contributed by atoms with E-state index < -0.39 is 0 Å². The molecule has 0 radical (unpaired) electrons. The molecule has 2 nitrogen and oxygen atoms in total. The Morgan fingerprint density at radius 3 is 2.94 bits per heavy atom. The van der Waals surface area contributed by atoms with Crippen LogP contribution in [0.3, 0.4) is 0 Å². The normalized spacial score (nSPS) is 17.8. The van der Waals surface area contributed by atoms with Crippen LogP contribution in [0.15, 0.2) is 11.4 Å². The second-order valence-electron chi connectivity index (χ2n) is 4.89. The van der Waals surface area contributed by atoms with Gasteiger partial charge in [0.15, 0.2) is 0 Å². The number of rotatable bonds is 7. The van der Waals surface area contributed by atoms with Crippen LogP contribution in [0.2, 0.25) is 0 Å². The van der Waals surface area contributed by atoms with Crippen molar-refractivity contribution in [2.75, 3.05) is 13.7 Å². The summed E-state index contributed by atoms with van der Waals surface area (Å²) in [6.07, 6.45) is 6.72. The first kappa shape index (κ1) is 12.9. The van der Waals surface area contributed by atoms with Crippen molar-refractivity contribution in [3.05, 3.63) is 16.3 Å². The van der Waals surface area contributed by atoms with Gasteiger partial charge in [-0.05, 0) is 36.8 Å². The van der Waals surface area contributed by atoms with E-state index in [2.05, 4.69) is 23.7 Å². The zero-order valence-corrected chi connectivity index (χ0v) is 11.7. The lowest BCUT2D eigenvalue weighted by molar-refractivity contribution is 0.260. The molecule has 1 N–H and O–H groups in total. The lowest BCUT2D eigenvalue weighted by Gasteiger charge is -2.30. The standard InChI is InChI=1S/C14H23NOS/c1-3-8-15-12(10-11-5-4-6-11)14-13(16-2)7-9-17-14/h7,9,11-12,15H,3-6,8,10H2,1-2H3.